The lowest BCUT2D eigenvalue weighted by atomic mass is 10.1. The summed E-state index contributed by atoms with van der Waals surface area (Å²) in [5.74, 6) is 1.75. The van der Waals surface area contributed by atoms with Crippen molar-refractivity contribution in [2.24, 2.45) is 10.9 Å². The molecule has 2 aliphatic rings. The van der Waals surface area contributed by atoms with E-state index in [2.05, 4.69) is 28.1 Å². The predicted octanol–water partition coefficient (Wildman–Crippen LogP) is 2.17. The molecule has 3 rings (SSSR count). The molecule has 0 saturated carbocycles. The second-order valence-electron chi connectivity index (χ2n) is 8.40. The first-order valence-corrected chi connectivity index (χ1v) is 11.2. The standard InChI is InChI=1S/C23H37N5O2.HI/c1-4-24-23(28-11-9-20(18-28)17-27-12-14-30-15-13-27)25-10-8-19-6-5-7-21(16-19)22(29)26(2)3;/h5-7,16,20H,4,8-15,17-18H2,1-3H3,(H,24,25);1H. The maximum absolute atomic E-state index is 12.2. The van der Waals surface area contributed by atoms with Crippen LogP contribution in [0.1, 0.15) is 29.3 Å². The molecule has 2 saturated heterocycles. The highest BCUT2D eigenvalue weighted by atomic mass is 127. The highest BCUT2D eigenvalue weighted by molar-refractivity contribution is 14.0. The van der Waals surface area contributed by atoms with Crippen LogP contribution in [0.4, 0.5) is 0 Å². The smallest absolute Gasteiger partial charge is 0.253 e. The molecule has 2 heterocycles. The van der Waals surface area contributed by atoms with Crippen LogP contribution in [0.5, 0.6) is 0 Å². The minimum Gasteiger partial charge on any atom is -0.379 e. The molecule has 0 aromatic heterocycles. The van der Waals surface area contributed by atoms with Gasteiger partial charge in [0.05, 0.1) is 13.2 Å². The highest BCUT2D eigenvalue weighted by Gasteiger charge is 2.27. The normalized spacial score (nSPS) is 19.8. The van der Waals surface area contributed by atoms with E-state index in [1.165, 1.54) is 6.42 Å². The van der Waals surface area contributed by atoms with Gasteiger partial charge in [-0.05, 0) is 43.4 Å². The molecule has 0 aliphatic carbocycles. The Morgan fingerprint density at radius 1 is 1.26 bits per heavy atom. The minimum absolute atomic E-state index is 0. The molecule has 7 nitrogen and oxygen atoms in total. The van der Waals surface area contributed by atoms with Crippen LogP contribution in [-0.2, 0) is 11.2 Å². The van der Waals surface area contributed by atoms with Crippen molar-refractivity contribution in [2.45, 2.75) is 19.8 Å². The van der Waals surface area contributed by atoms with Gasteiger partial charge in [-0.1, -0.05) is 12.1 Å². The van der Waals surface area contributed by atoms with E-state index in [4.69, 9.17) is 9.73 Å². The molecule has 0 spiro atoms. The Kier molecular flexibility index (Phi) is 11.0. The maximum Gasteiger partial charge on any atom is 0.253 e. The molecular formula is C23H38IN5O2. The number of hydrogen-bond donors (Lipinski definition) is 1. The molecule has 174 valence electrons. The molecule has 1 aromatic carbocycles. The van der Waals surface area contributed by atoms with Crippen LogP contribution in [-0.4, -0.2) is 99.7 Å². The van der Waals surface area contributed by atoms with Crippen molar-refractivity contribution in [1.82, 2.24) is 20.0 Å². The number of carbonyl (C=O) groups excluding carboxylic acids is 1. The Bertz CT molecular complexity index is 722. The molecule has 1 aromatic rings. The van der Waals surface area contributed by atoms with Crippen LogP contribution in [0, 0.1) is 5.92 Å². The van der Waals surface area contributed by atoms with Gasteiger partial charge >= 0.3 is 0 Å². The summed E-state index contributed by atoms with van der Waals surface area (Å²) >= 11 is 0. The van der Waals surface area contributed by atoms with E-state index < -0.39 is 0 Å². The molecular weight excluding hydrogens is 505 g/mol. The van der Waals surface area contributed by atoms with E-state index in [1.54, 1.807) is 19.0 Å². The van der Waals surface area contributed by atoms with E-state index in [9.17, 15) is 4.79 Å². The third-order valence-electron chi connectivity index (χ3n) is 5.78. The SMILES string of the molecule is CCNC(=NCCc1cccc(C(=O)N(C)C)c1)N1CCC(CN2CCOCC2)C1.I. The van der Waals surface area contributed by atoms with Crippen molar-refractivity contribution in [3.63, 3.8) is 0 Å². The lowest BCUT2D eigenvalue weighted by molar-refractivity contribution is 0.0315. The number of ether oxygens (including phenoxy) is 1. The molecule has 0 bridgehead atoms. The van der Waals surface area contributed by atoms with Crippen LogP contribution >= 0.6 is 24.0 Å². The van der Waals surface area contributed by atoms with Gasteiger partial charge in [0.1, 0.15) is 0 Å². The summed E-state index contributed by atoms with van der Waals surface area (Å²) in [7, 11) is 3.56. The number of morpholine rings is 1. The first-order valence-electron chi connectivity index (χ1n) is 11.2. The number of halogens is 1. The first kappa shape index (κ1) is 25.9. The molecule has 1 unspecified atom stereocenters. The average Bonchev–Trinajstić information content (AvgIpc) is 3.21. The van der Waals surface area contributed by atoms with E-state index in [0.29, 0.717) is 12.5 Å². The average molecular weight is 543 g/mol. The summed E-state index contributed by atoms with van der Waals surface area (Å²) in [6, 6.07) is 7.89. The van der Waals surface area contributed by atoms with Crippen molar-refractivity contribution >= 4 is 35.8 Å². The second kappa shape index (κ2) is 13.2. The summed E-state index contributed by atoms with van der Waals surface area (Å²) in [5.41, 5.74) is 1.88. The largest absolute Gasteiger partial charge is 0.379 e. The summed E-state index contributed by atoms with van der Waals surface area (Å²) in [4.78, 5) is 23.6. The minimum atomic E-state index is 0. The number of likely N-dealkylation sites (tertiary alicyclic amines) is 1. The third-order valence-corrected chi connectivity index (χ3v) is 5.78. The number of amides is 1. The van der Waals surface area contributed by atoms with Crippen LogP contribution < -0.4 is 5.32 Å². The fraction of sp³-hybridized carbons (Fsp3) is 0.652. The van der Waals surface area contributed by atoms with E-state index in [-0.39, 0.29) is 29.9 Å². The van der Waals surface area contributed by atoms with Crippen LogP contribution in [0.25, 0.3) is 0 Å². The van der Waals surface area contributed by atoms with Gasteiger partial charge in [-0.25, -0.2) is 0 Å². The van der Waals surface area contributed by atoms with Gasteiger partial charge in [-0.2, -0.15) is 0 Å². The summed E-state index contributed by atoms with van der Waals surface area (Å²) in [6.07, 6.45) is 2.05. The molecule has 2 aliphatic heterocycles. The van der Waals surface area contributed by atoms with Gasteiger partial charge in [0.15, 0.2) is 5.96 Å². The first-order chi connectivity index (χ1) is 14.6. The van der Waals surface area contributed by atoms with Crippen LogP contribution in [0.2, 0.25) is 0 Å². The quantitative estimate of drug-likeness (QED) is 0.325. The molecule has 1 amide bonds. The zero-order valence-electron chi connectivity index (χ0n) is 19.2. The summed E-state index contributed by atoms with van der Waals surface area (Å²) in [5, 5.41) is 3.46. The van der Waals surface area contributed by atoms with Crippen molar-refractivity contribution in [2.75, 3.05) is 73.1 Å². The Labute approximate surface area is 204 Å². The van der Waals surface area contributed by atoms with Gasteiger partial charge in [-0.15, -0.1) is 24.0 Å². The maximum atomic E-state index is 12.2. The molecule has 1 atom stereocenters. The predicted molar refractivity (Wildman–Crippen MR) is 136 cm³/mol. The zero-order valence-corrected chi connectivity index (χ0v) is 21.5. The number of carbonyl (C=O) groups is 1. The highest BCUT2D eigenvalue weighted by Crippen LogP contribution is 2.18. The monoisotopic (exact) mass is 543 g/mol. The molecule has 0 radical (unpaired) electrons. The Morgan fingerprint density at radius 3 is 2.74 bits per heavy atom. The van der Waals surface area contributed by atoms with Crippen molar-refractivity contribution in [1.29, 1.82) is 0 Å². The summed E-state index contributed by atoms with van der Waals surface area (Å²) < 4.78 is 5.47. The topological polar surface area (TPSA) is 60.4 Å². The number of guanidine groups is 1. The molecule has 1 N–H and O–H groups in total. The number of aliphatic imine (C=N–C) groups is 1. The van der Waals surface area contributed by atoms with E-state index in [0.717, 1.165) is 76.0 Å². The van der Waals surface area contributed by atoms with E-state index in [1.807, 2.05) is 18.2 Å². The fourth-order valence-electron chi connectivity index (χ4n) is 4.16. The van der Waals surface area contributed by atoms with Crippen molar-refractivity contribution in [3.05, 3.63) is 35.4 Å². The van der Waals surface area contributed by atoms with Crippen LogP contribution in [0.3, 0.4) is 0 Å². The second-order valence-corrected chi connectivity index (χ2v) is 8.40. The lowest BCUT2D eigenvalue weighted by Gasteiger charge is -2.29. The summed E-state index contributed by atoms with van der Waals surface area (Å²) in [6.45, 7) is 10.8. The zero-order chi connectivity index (χ0) is 21.3. The number of rotatable bonds is 7. The number of benzene rings is 1. The van der Waals surface area contributed by atoms with Gasteiger partial charge in [0.25, 0.3) is 5.91 Å². The van der Waals surface area contributed by atoms with Gasteiger partial charge < -0.3 is 19.9 Å². The third kappa shape index (κ3) is 7.91. The van der Waals surface area contributed by atoms with E-state index >= 15 is 0 Å². The van der Waals surface area contributed by atoms with Gasteiger partial charge in [0.2, 0.25) is 0 Å². The fourth-order valence-corrected chi connectivity index (χ4v) is 4.16. The number of nitrogens with one attached hydrogen (secondary N) is 1. The van der Waals surface area contributed by atoms with Crippen molar-refractivity contribution < 1.29 is 9.53 Å². The Morgan fingerprint density at radius 2 is 2.03 bits per heavy atom. The molecule has 8 heteroatoms. The lowest BCUT2D eigenvalue weighted by Crippen LogP contribution is -2.42. The molecule has 31 heavy (non-hydrogen) atoms. The van der Waals surface area contributed by atoms with Crippen molar-refractivity contribution in [3.8, 4) is 0 Å². The number of hydrogen-bond acceptors (Lipinski definition) is 4. The number of nitrogens with zero attached hydrogens (tertiary/aromatic N) is 4. The Balaban J connectivity index is 0.00000341. The van der Waals surface area contributed by atoms with Gasteiger partial charge in [-0.3, -0.25) is 14.7 Å². The Hall–Kier alpha value is -1.39. The van der Waals surface area contributed by atoms with Crippen LogP contribution in [0.15, 0.2) is 29.3 Å². The van der Waals surface area contributed by atoms with Gasteiger partial charge in [0, 0.05) is 65.5 Å². The molecule has 2 fully saturated rings.